The molecule has 1 aliphatic heterocycles. The SMILES string of the molecule is O=c1[nH]nc2n1CC(CBr)CC2. The molecule has 0 saturated carbocycles. The molecule has 0 amide bonds. The summed E-state index contributed by atoms with van der Waals surface area (Å²) in [5.41, 5.74) is -0.0735. The van der Waals surface area contributed by atoms with Gasteiger partial charge in [-0.05, 0) is 12.3 Å². The molecule has 0 aliphatic carbocycles. The van der Waals surface area contributed by atoms with Crippen LogP contribution in [-0.4, -0.2) is 20.1 Å². The zero-order valence-corrected chi connectivity index (χ0v) is 8.17. The van der Waals surface area contributed by atoms with E-state index in [4.69, 9.17) is 0 Å². The first kappa shape index (κ1) is 8.04. The van der Waals surface area contributed by atoms with Crippen LogP contribution < -0.4 is 5.69 Å². The highest BCUT2D eigenvalue weighted by molar-refractivity contribution is 9.09. The van der Waals surface area contributed by atoms with Crippen molar-refractivity contribution in [2.75, 3.05) is 5.33 Å². The van der Waals surface area contributed by atoms with Crippen LogP contribution in [0.4, 0.5) is 0 Å². The number of nitrogens with one attached hydrogen (secondary N) is 1. The molecule has 1 aliphatic rings. The Morgan fingerprint density at radius 2 is 2.58 bits per heavy atom. The van der Waals surface area contributed by atoms with Gasteiger partial charge in [0, 0.05) is 18.3 Å². The predicted molar refractivity (Wildman–Crippen MR) is 48.5 cm³/mol. The van der Waals surface area contributed by atoms with Gasteiger partial charge in [-0.1, -0.05) is 15.9 Å². The molecule has 0 bridgehead atoms. The molecule has 0 fully saturated rings. The second kappa shape index (κ2) is 3.05. The summed E-state index contributed by atoms with van der Waals surface area (Å²) in [5, 5.41) is 7.36. The zero-order valence-electron chi connectivity index (χ0n) is 6.59. The number of fused-ring (bicyclic) bond motifs is 1. The molecule has 66 valence electrons. The summed E-state index contributed by atoms with van der Waals surface area (Å²) >= 11 is 3.43. The van der Waals surface area contributed by atoms with Crippen LogP contribution in [0.2, 0.25) is 0 Å². The zero-order chi connectivity index (χ0) is 8.55. The predicted octanol–water partition coefficient (Wildman–Crippen LogP) is 0.529. The number of hydrogen-bond donors (Lipinski definition) is 1. The Kier molecular flexibility index (Phi) is 2.04. The van der Waals surface area contributed by atoms with Crippen molar-refractivity contribution in [1.29, 1.82) is 0 Å². The third-order valence-corrected chi connectivity index (χ3v) is 3.19. The highest BCUT2D eigenvalue weighted by atomic mass is 79.9. The van der Waals surface area contributed by atoms with Gasteiger partial charge in [0.15, 0.2) is 0 Å². The summed E-state index contributed by atoms with van der Waals surface area (Å²) in [6.07, 6.45) is 2.03. The number of nitrogens with zero attached hydrogens (tertiary/aromatic N) is 2. The van der Waals surface area contributed by atoms with Crippen LogP contribution in [0, 0.1) is 5.92 Å². The molecule has 0 spiro atoms. The Morgan fingerprint density at radius 3 is 3.33 bits per heavy atom. The quantitative estimate of drug-likeness (QED) is 0.718. The van der Waals surface area contributed by atoms with Gasteiger partial charge in [0.1, 0.15) is 5.82 Å². The van der Waals surface area contributed by atoms with E-state index in [-0.39, 0.29) is 5.69 Å². The topological polar surface area (TPSA) is 50.7 Å². The number of aryl methyl sites for hydroxylation is 1. The van der Waals surface area contributed by atoms with Gasteiger partial charge >= 0.3 is 5.69 Å². The van der Waals surface area contributed by atoms with Gasteiger partial charge < -0.3 is 0 Å². The highest BCUT2D eigenvalue weighted by Gasteiger charge is 2.19. The van der Waals surface area contributed by atoms with Gasteiger partial charge in [-0.15, -0.1) is 0 Å². The minimum absolute atomic E-state index is 0.0735. The molecule has 0 saturated heterocycles. The minimum atomic E-state index is -0.0735. The van der Waals surface area contributed by atoms with E-state index in [1.54, 1.807) is 4.57 Å². The van der Waals surface area contributed by atoms with Crippen molar-refractivity contribution in [2.24, 2.45) is 5.92 Å². The lowest BCUT2D eigenvalue weighted by atomic mass is 10.0. The average molecular weight is 232 g/mol. The number of H-pyrrole nitrogens is 1. The summed E-state index contributed by atoms with van der Waals surface area (Å²) in [6, 6.07) is 0. The highest BCUT2D eigenvalue weighted by Crippen LogP contribution is 2.17. The molecule has 1 aromatic heterocycles. The van der Waals surface area contributed by atoms with Crippen molar-refractivity contribution in [1.82, 2.24) is 14.8 Å². The van der Waals surface area contributed by atoms with Crippen molar-refractivity contribution in [3.8, 4) is 0 Å². The fraction of sp³-hybridized carbons (Fsp3) is 0.714. The standard InChI is InChI=1S/C7H10BrN3O/c8-3-5-1-2-6-9-10-7(12)11(6)4-5/h5H,1-4H2,(H,10,12). The van der Waals surface area contributed by atoms with E-state index in [1.807, 2.05) is 0 Å². The smallest absolute Gasteiger partial charge is 0.279 e. The molecule has 1 atom stereocenters. The Hall–Kier alpha value is -0.580. The van der Waals surface area contributed by atoms with Crippen LogP contribution in [0.25, 0.3) is 0 Å². The third kappa shape index (κ3) is 1.22. The Balaban J connectivity index is 2.32. The van der Waals surface area contributed by atoms with Crippen molar-refractivity contribution in [3.63, 3.8) is 0 Å². The largest absolute Gasteiger partial charge is 0.343 e. The monoisotopic (exact) mass is 231 g/mol. The summed E-state index contributed by atoms with van der Waals surface area (Å²) in [6.45, 7) is 0.802. The van der Waals surface area contributed by atoms with Crippen molar-refractivity contribution >= 4 is 15.9 Å². The van der Waals surface area contributed by atoms with E-state index in [1.165, 1.54) is 0 Å². The summed E-state index contributed by atoms with van der Waals surface area (Å²) in [4.78, 5) is 11.2. The average Bonchev–Trinajstić information content (AvgIpc) is 2.47. The molecule has 12 heavy (non-hydrogen) atoms. The van der Waals surface area contributed by atoms with Crippen LogP contribution >= 0.6 is 15.9 Å². The normalized spacial score (nSPS) is 22.2. The van der Waals surface area contributed by atoms with Gasteiger partial charge in [-0.2, -0.15) is 5.10 Å². The van der Waals surface area contributed by atoms with Crippen LogP contribution in [-0.2, 0) is 13.0 Å². The summed E-state index contributed by atoms with van der Waals surface area (Å²) in [5.74, 6) is 1.48. The number of hydrogen-bond acceptors (Lipinski definition) is 2. The van der Waals surface area contributed by atoms with E-state index in [0.717, 1.165) is 30.5 Å². The molecule has 1 aromatic rings. The molecule has 0 radical (unpaired) electrons. The maximum absolute atomic E-state index is 11.2. The number of rotatable bonds is 1. The van der Waals surface area contributed by atoms with Gasteiger partial charge in [0.05, 0.1) is 0 Å². The first-order valence-electron chi connectivity index (χ1n) is 4.01. The number of halogens is 1. The number of aromatic amines is 1. The van der Waals surface area contributed by atoms with Crippen LogP contribution in [0.3, 0.4) is 0 Å². The fourth-order valence-corrected chi connectivity index (χ4v) is 2.07. The first-order chi connectivity index (χ1) is 5.81. The minimum Gasteiger partial charge on any atom is -0.279 e. The van der Waals surface area contributed by atoms with Crippen LogP contribution in [0.5, 0.6) is 0 Å². The lowest BCUT2D eigenvalue weighted by Gasteiger charge is -2.19. The molecule has 2 rings (SSSR count). The molecule has 4 nitrogen and oxygen atoms in total. The second-order valence-electron chi connectivity index (χ2n) is 3.11. The summed E-state index contributed by atoms with van der Waals surface area (Å²) < 4.78 is 1.73. The molecule has 1 N–H and O–H groups in total. The molecule has 0 aromatic carbocycles. The lowest BCUT2D eigenvalue weighted by Crippen LogP contribution is -2.28. The Bertz CT molecular complexity index is 330. The van der Waals surface area contributed by atoms with Gasteiger partial charge in [0.2, 0.25) is 0 Å². The van der Waals surface area contributed by atoms with Gasteiger partial charge in [-0.25, -0.2) is 9.89 Å². The lowest BCUT2D eigenvalue weighted by molar-refractivity contribution is 0.395. The van der Waals surface area contributed by atoms with E-state index in [2.05, 4.69) is 26.1 Å². The fourth-order valence-electron chi connectivity index (χ4n) is 1.54. The second-order valence-corrected chi connectivity index (χ2v) is 3.76. The van der Waals surface area contributed by atoms with Crippen LogP contribution in [0.15, 0.2) is 4.79 Å². The van der Waals surface area contributed by atoms with Gasteiger partial charge in [-0.3, -0.25) is 4.57 Å². The molecule has 5 heteroatoms. The maximum Gasteiger partial charge on any atom is 0.343 e. The van der Waals surface area contributed by atoms with Crippen molar-refractivity contribution < 1.29 is 0 Å². The van der Waals surface area contributed by atoms with Gasteiger partial charge in [0.25, 0.3) is 0 Å². The van der Waals surface area contributed by atoms with Crippen molar-refractivity contribution in [2.45, 2.75) is 19.4 Å². The Labute approximate surface area is 78.1 Å². The molecule has 2 heterocycles. The van der Waals surface area contributed by atoms with Crippen molar-refractivity contribution in [3.05, 3.63) is 16.3 Å². The maximum atomic E-state index is 11.2. The van der Waals surface area contributed by atoms with E-state index in [9.17, 15) is 4.79 Å². The molecular formula is C7H10BrN3O. The van der Waals surface area contributed by atoms with Crippen LogP contribution in [0.1, 0.15) is 12.2 Å². The first-order valence-corrected chi connectivity index (χ1v) is 5.13. The molecule has 1 unspecified atom stereocenters. The Morgan fingerprint density at radius 1 is 1.75 bits per heavy atom. The number of aromatic nitrogens is 3. The van der Waals surface area contributed by atoms with E-state index in [0.29, 0.717) is 5.92 Å². The molecular weight excluding hydrogens is 222 g/mol. The summed E-state index contributed by atoms with van der Waals surface area (Å²) in [7, 11) is 0. The number of alkyl halides is 1. The third-order valence-electron chi connectivity index (χ3n) is 2.27. The van der Waals surface area contributed by atoms with E-state index < -0.39 is 0 Å². The van der Waals surface area contributed by atoms with E-state index >= 15 is 0 Å².